The summed E-state index contributed by atoms with van der Waals surface area (Å²) < 4.78 is 0. The highest BCUT2D eigenvalue weighted by atomic mass is 16.3. The van der Waals surface area contributed by atoms with E-state index in [0.717, 1.165) is 18.5 Å². The van der Waals surface area contributed by atoms with Crippen LogP contribution < -0.4 is 5.32 Å². The summed E-state index contributed by atoms with van der Waals surface area (Å²) in [5, 5.41) is 13.2. The lowest BCUT2D eigenvalue weighted by Gasteiger charge is -2.27. The second-order valence-corrected chi connectivity index (χ2v) is 6.63. The van der Waals surface area contributed by atoms with E-state index in [2.05, 4.69) is 36.5 Å². The zero-order chi connectivity index (χ0) is 16.1. The van der Waals surface area contributed by atoms with Crippen molar-refractivity contribution in [2.75, 3.05) is 5.32 Å². The van der Waals surface area contributed by atoms with E-state index in [-0.39, 0.29) is 0 Å². The first-order chi connectivity index (χ1) is 11.3. The van der Waals surface area contributed by atoms with E-state index >= 15 is 0 Å². The van der Waals surface area contributed by atoms with Gasteiger partial charge in [-0.05, 0) is 60.6 Å². The third kappa shape index (κ3) is 4.07. The lowest BCUT2D eigenvalue weighted by atomic mass is 9.92. The van der Waals surface area contributed by atoms with Crippen LogP contribution in [-0.2, 0) is 12.8 Å². The topological polar surface area (TPSA) is 32.3 Å². The number of aryl methyl sites for hydroxylation is 2. The predicted molar refractivity (Wildman–Crippen MR) is 97.1 cm³/mol. The van der Waals surface area contributed by atoms with Gasteiger partial charge in [0.05, 0.1) is 6.04 Å². The molecule has 1 heterocycles. The number of benzene rings is 2. The number of phenols is 1. The molecule has 0 aliphatic carbocycles. The Morgan fingerprint density at radius 3 is 2.65 bits per heavy atom. The number of aromatic hydroxyl groups is 1. The highest BCUT2D eigenvalue weighted by Gasteiger charge is 2.19. The number of hydrogen-bond acceptors (Lipinski definition) is 2. The van der Waals surface area contributed by atoms with Crippen LogP contribution in [0.15, 0.2) is 42.5 Å². The van der Waals surface area contributed by atoms with E-state index in [1.807, 2.05) is 12.1 Å². The average Bonchev–Trinajstić information content (AvgIpc) is 2.59. The Hall–Kier alpha value is -1.96. The predicted octanol–water partition coefficient (Wildman–Crippen LogP) is 5.61. The third-order valence-electron chi connectivity index (χ3n) is 4.82. The van der Waals surface area contributed by atoms with Crippen molar-refractivity contribution in [3.8, 4) is 5.75 Å². The van der Waals surface area contributed by atoms with Crippen LogP contribution in [0.5, 0.6) is 5.75 Å². The van der Waals surface area contributed by atoms with Gasteiger partial charge >= 0.3 is 0 Å². The Morgan fingerprint density at radius 1 is 1.04 bits per heavy atom. The summed E-state index contributed by atoms with van der Waals surface area (Å²) in [6.07, 6.45) is 8.56. The van der Waals surface area contributed by atoms with Crippen molar-refractivity contribution < 1.29 is 5.11 Å². The summed E-state index contributed by atoms with van der Waals surface area (Å²) in [4.78, 5) is 0. The van der Waals surface area contributed by atoms with Crippen LogP contribution >= 0.6 is 0 Å². The summed E-state index contributed by atoms with van der Waals surface area (Å²) in [5.74, 6) is 0.358. The molecule has 0 aromatic heterocycles. The zero-order valence-electron chi connectivity index (χ0n) is 14.0. The summed E-state index contributed by atoms with van der Waals surface area (Å²) in [7, 11) is 0. The second-order valence-electron chi connectivity index (χ2n) is 6.63. The van der Waals surface area contributed by atoms with Gasteiger partial charge in [-0.15, -0.1) is 0 Å². The fourth-order valence-electron chi connectivity index (χ4n) is 3.41. The van der Waals surface area contributed by atoms with E-state index < -0.39 is 0 Å². The molecular formula is C21H27NO. The van der Waals surface area contributed by atoms with Gasteiger partial charge in [-0.25, -0.2) is 0 Å². The van der Waals surface area contributed by atoms with Crippen LogP contribution in [0.2, 0.25) is 0 Å². The summed E-state index contributed by atoms with van der Waals surface area (Å²) in [6, 6.07) is 15.1. The van der Waals surface area contributed by atoms with Gasteiger partial charge in [-0.2, -0.15) is 0 Å². The van der Waals surface area contributed by atoms with Crippen LogP contribution in [0.3, 0.4) is 0 Å². The van der Waals surface area contributed by atoms with Gasteiger partial charge in [0.15, 0.2) is 0 Å². The number of fused-ring (bicyclic) bond motifs is 1. The largest absolute Gasteiger partial charge is 0.508 e. The molecule has 2 aromatic rings. The fourth-order valence-corrected chi connectivity index (χ4v) is 3.41. The minimum atomic E-state index is 0.358. The lowest BCUT2D eigenvalue weighted by molar-refractivity contribution is 0.474. The van der Waals surface area contributed by atoms with Gasteiger partial charge < -0.3 is 10.4 Å². The van der Waals surface area contributed by atoms with Crippen molar-refractivity contribution in [3.63, 3.8) is 0 Å². The standard InChI is InChI=1S/C21H27NO/c1-2-3-4-5-6-16-7-9-17(10-8-16)20-13-11-18-15-19(23)12-14-21(18)22-20/h7-10,12,14-15,20,22-23H,2-6,11,13H2,1H3. The SMILES string of the molecule is CCCCCCc1ccc(C2CCc3cc(O)ccc3N2)cc1. The van der Waals surface area contributed by atoms with Gasteiger partial charge in [-0.1, -0.05) is 50.5 Å². The zero-order valence-corrected chi connectivity index (χ0v) is 14.0. The molecule has 0 fully saturated rings. The molecule has 0 radical (unpaired) electrons. The van der Waals surface area contributed by atoms with E-state index in [1.54, 1.807) is 6.07 Å². The van der Waals surface area contributed by atoms with Crippen molar-refractivity contribution in [2.45, 2.75) is 57.9 Å². The van der Waals surface area contributed by atoms with E-state index in [0.29, 0.717) is 11.8 Å². The molecule has 0 saturated carbocycles. The fraction of sp³-hybridized carbons (Fsp3) is 0.429. The molecule has 3 rings (SSSR count). The maximum atomic E-state index is 9.58. The highest BCUT2D eigenvalue weighted by Crippen LogP contribution is 2.34. The number of anilines is 1. The Balaban J connectivity index is 1.61. The van der Waals surface area contributed by atoms with Crippen LogP contribution in [0, 0.1) is 0 Å². The maximum absolute atomic E-state index is 9.58. The molecular weight excluding hydrogens is 282 g/mol. The molecule has 122 valence electrons. The molecule has 2 nitrogen and oxygen atoms in total. The first-order valence-electron chi connectivity index (χ1n) is 8.93. The summed E-state index contributed by atoms with van der Waals surface area (Å²) in [5.41, 5.74) is 5.18. The molecule has 1 aliphatic heterocycles. The molecule has 23 heavy (non-hydrogen) atoms. The van der Waals surface area contributed by atoms with Crippen molar-refractivity contribution in [3.05, 3.63) is 59.2 Å². The molecule has 1 aliphatic rings. The van der Waals surface area contributed by atoms with E-state index in [9.17, 15) is 5.11 Å². The molecule has 0 saturated heterocycles. The number of rotatable bonds is 6. The van der Waals surface area contributed by atoms with E-state index in [4.69, 9.17) is 0 Å². The van der Waals surface area contributed by atoms with Crippen molar-refractivity contribution in [1.29, 1.82) is 0 Å². The Kier molecular flexibility index (Phi) is 5.22. The van der Waals surface area contributed by atoms with Gasteiger partial charge in [0, 0.05) is 5.69 Å². The Morgan fingerprint density at radius 2 is 1.87 bits per heavy atom. The van der Waals surface area contributed by atoms with Crippen LogP contribution in [-0.4, -0.2) is 5.11 Å². The first-order valence-corrected chi connectivity index (χ1v) is 8.93. The molecule has 0 spiro atoms. The average molecular weight is 309 g/mol. The molecule has 0 amide bonds. The van der Waals surface area contributed by atoms with Gasteiger partial charge in [0.2, 0.25) is 0 Å². The smallest absolute Gasteiger partial charge is 0.116 e. The number of nitrogens with one attached hydrogen (secondary N) is 1. The summed E-state index contributed by atoms with van der Waals surface area (Å²) in [6.45, 7) is 2.26. The maximum Gasteiger partial charge on any atom is 0.116 e. The van der Waals surface area contributed by atoms with Gasteiger partial charge in [-0.3, -0.25) is 0 Å². The third-order valence-corrected chi connectivity index (χ3v) is 4.82. The van der Waals surface area contributed by atoms with Crippen molar-refractivity contribution >= 4 is 5.69 Å². The highest BCUT2D eigenvalue weighted by molar-refractivity contribution is 5.57. The summed E-state index contributed by atoms with van der Waals surface area (Å²) >= 11 is 0. The van der Waals surface area contributed by atoms with Gasteiger partial charge in [0.1, 0.15) is 5.75 Å². The van der Waals surface area contributed by atoms with Crippen LogP contribution in [0.1, 0.15) is 61.8 Å². The van der Waals surface area contributed by atoms with Crippen LogP contribution in [0.25, 0.3) is 0 Å². The second kappa shape index (κ2) is 7.54. The minimum absolute atomic E-state index is 0.358. The number of hydrogen-bond donors (Lipinski definition) is 2. The monoisotopic (exact) mass is 309 g/mol. The Labute approximate surface area is 139 Å². The molecule has 2 heteroatoms. The Bertz CT molecular complexity index is 633. The number of unbranched alkanes of at least 4 members (excludes halogenated alkanes) is 3. The molecule has 1 atom stereocenters. The molecule has 2 N–H and O–H groups in total. The van der Waals surface area contributed by atoms with E-state index in [1.165, 1.54) is 48.8 Å². The lowest BCUT2D eigenvalue weighted by Crippen LogP contribution is -2.17. The number of phenolic OH excluding ortho intramolecular Hbond substituents is 1. The normalized spacial score (nSPS) is 16.7. The van der Waals surface area contributed by atoms with Crippen molar-refractivity contribution in [2.24, 2.45) is 0 Å². The molecule has 0 bridgehead atoms. The molecule has 1 unspecified atom stereocenters. The minimum Gasteiger partial charge on any atom is -0.508 e. The first kappa shape index (κ1) is 15.9. The quantitative estimate of drug-likeness (QED) is 0.536. The van der Waals surface area contributed by atoms with Gasteiger partial charge in [0.25, 0.3) is 0 Å². The molecule has 2 aromatic carbocycles. The van der Waals surface area contributed by atoms with Crippen molar-refractivity contribution in [1.82, 2.24) is 0 Å². The van der Waals surface area contributed by atoms with Crippen LogP contribution in [0.4, 0.5) is 5.69 Å².